The van der Waals surface area contributed by atoms with Crippen molar-refractivity contribution < 1.29 is 27.5 Å². The Morgan fingerprint density at radius 1 is 1.19 bits per heavy atom. The highest BCUT2D eigenvalue weighted by molar-refractivity contribution is 7.92. The SMILES string of the molecule is CCC[C@H](C)NC(=O)COC(=O)c1cc(S(=O)(=O)N(C)c2ccccc2OC)ccc1Cl. The fraction of sp³-hybridized carbons (Fsp3) is 0.364. The number of halogens is 1. The van der Waals surface area contributed by atoms with Gasteiger partial charge in [0.15, 0.2) is 6.61 Å². The standard InChI is InChI=1S/C22H27ClN2O6S/c1-5-8-15(2)24-21(26)14-31-22(27)17-13-16(11-12-18(17)23)32(28,29)25(3)19-9-6-7-10-20(19)30-4/h6-7,9-13,15H,5,8,14H2,1-4H3,(H,24,26)/t15-/m0/s1. The Morgan fingerprint density at radius 2 is 1.88 bits per heavy atom. The molecule has 32 heavy (non-hydrogen) atoms. The quantitative estimate of drug-likeness (QED) is 0.519. The highest BCUT2D eigenvalue weighted by Gasteiger charge is 2.26. The van der Waals surface area contributed by atoms with E-state index in [0.29, 0.717) is 11.4 Å². The van der Waals surface area contributed by atoms with Crippen molar-refractivity contribution in [3.63, 3.8) is 0 Å². The Kier molecular flexibility index (Phi) is 8.91. The van der Waals surface area contributed by atoms with E-state index in [1.165, 1.54) is 26.3 Å². The monoisotopic (exact) mass is 482 g/mol. The summed E-state index contributed by atoms with van der Waals surface area (Å²) in [6.45, 7) is 3.35. The molecule has 1 amide bonds. The van der Waals surface area contributed by atoms with Gasteiger partial charge in [-0.15, -0.1) is 0 Å². The van der Waals surface area contributed by atoms with Crippen LogP contribution in [0.1, 0.15) is 37.0 Å². The molecular formula is C22H27ClN2O6S. The molecule has 0 aliphatic rings. The zero-order valence-electron chi connectivity index (χ0n) is 18.4. The van der Waals surface area contributed by atoms with Crippen LogP contribution in [0.2, 0.25) is 5.02 Å². The first kappa shape index (κ1) is 25.5. The number of benzene rings is 2. The van der Waals surface area contributed by atoms with Crippen molar-refractivity contribution in [1.29, 1.82) is 0 Å². The molecule has 10 heteroatoms. The Labute approximate surface area is 193 Å². The molecule has 0 heterocycles. The summed E-state index contributed by atoms with van der Waals surface area (Å²) in [4.78, 5) is 24.3. The fourth-order valence-electron chi connectivity index (χ4n) is 3.03. The predicted octanol–water partition coefficient (Wildman–Crippen LogP) is 3.64. The number of sulfonamides is 1. The Morgan fingerprint density at radius 3 is 2.53 bits per heavy atom. The third-order valence-corrected chi connectivity index (χ3v) is 6.80. The second-order valence-corrected chi connectivity index (χ2v) is 9.50. The van der Waals surface area contributed by atoms with Crippen LogP contribution in [0, 0.1) is 0 Å². The Bertz CT molecular complexity index is 1070. The average Bonchev–Trinajstić information content (AvgIpc) is 2.77. The number of hydrogen-bond acceptors (Lipinski definition) is 6. The first-order valence-electron chi connectivity index (χ1n) is 9.99. The predicted molar refractivity (Wildman–Crippen MR) is 123 cm³/mol. The van der Waals surface area contributed by atoms with Gasteiger partial charge in [-0.05, 0) is 43.7 Å². The third-order valence-electron chi connectivity index (χ3n) is 4.70. The lowest BCUT2D eigenvalue weighted by Crippen LogP contribution is -2.35. The molecule has 0 saturated carbocycles. The first-order chi connectivity index (χ1) is 15.1. The van der Waals surface area contributed by atoms with Gasteiger partial charge in [-0.1, -0.05) is 37.1 Å². The van der Waals surface area contributed by atoms with Gasteiger partial charge in [-0.25, -0.2) is 13.2 Å². The van der Waals surface area contributed by atoms with Gasteiger partial charge in [0.25, 0.3) is 15.9 Å². The van der Waals surface area contributed by atoms with Gasteiger partial charge < -0.3 is 14.8 Å². The summed E-state index contributed by atoms with van der Waals surface area (Å²) in [5.74, 6) is -0.976. The van der Waals surface area contributed by atoms with E-state index in [0.717, 1.165) is 23.2 Å². The summed E-state index contributed by atoms with van der Waals surface area (Å²) < 4.78 is 37.6. The maximum atomic E-state index is 13.1. The molecule has 2 aromatic carbocycles. The highest BCUT2D eigenvalue weighted by Crippen LogP contribution is 2.32. The minimum absolute atomic E-state index is 0.00801. The van der Waals surface area contributed by atoms with Crippen LogP contribution in [-0.2, 0) is 19.6 Å². The lowest BCUT2D eigenvalue weighted by atomic mass is 10.2. The van der Waals surface area contributed by atoms with Crippen LogP contribution < -0.4 is 14.4 Å². The van der Waals surface area contributed by atoms with E-state index in [9.17, 15) is 18.0 Å². The van der Waals surface area contributed by atoms with Gasteiger partial charge >= 0.3 is 5.97 Å². The van der Waals surface area contributed by atoms with E-state index in [4.69, 9.17) is 21.1 Å². The molecule has 0 aliphatic heterocycles. The molecule has 2 rings (SSSR count). The van der Waals surface area contributed by atoms with Crippen LogP contribution in [0.4, 0.5) is 5.69 Å². The largest absolute Gasteiger partial charge is 0.495 e. The fourth-order valence-corrected chi connectivity index (χ4v) is 4.46. The second-order valence-electron chi connectivity index (χ2n) is 7.12. The van der Waals surface area contributed by atoms with Gasteiger partial charge in [-0.2, -0.15) is 0 Å². The topological polar surface area (TPSA) is 102 Å². The summed E-state index contributed by atoms with van der Waals surface area (Å²) in [6.07, 6.45) is 1.70. The normalized spacial score (nSPS) is 12.0. The van der Waals surface area contributed by atoms with Crippen LogP contribution in [0.15, 0.2) is 47.4 Å². The molecule has 174 valence electrons. The van der Waals surface area contributed by atoms with Crippen LogP contribution in [0.5, 0.6) is 5.75 Å². The van der Waals surface area contributed by atoms with E-state index >= 15 is 0 Å². The molecule has 0 bridgehead atoms. The number of esters is 1. The number of rotatable bonds is 10. The summed E-state index contributed by atoms with van der Waals surface area (Å²) in [5.41, 5.74) is 0.169. The number of carbonyl (C=O) groups excluding carboxylic acids is 2. The smallest absolute Gasteiger partial charge is 0.340 e. The van der Waals surface area contributed by atoms with E-state index in [1.807, 2.05) is 13.8 Å². The molecule has 1 N–H and O–H groups in total. The van der Waals surface area contributed by atoms with Gasteiger partial charge in [0.1, 0.15) is 5.75 Å². The van der Waals surface area contributed by atoms with E-state index < -0.39 is 28.5 Å². The van der Waals surface area contributed by atoms with Gasteiger partial charge in [0.2, 0.25) is 0 Å². The molecule has 8 nitrogen and oxygen atoms in total. The molecule has 0 fully saturated rings. The average molecular weight is 483 g/mol. The number of carbonyl (C=O) groups is 2. The van der Waals surface area contributed by atoms with Crippen molar-refractivity contribution in [3.05, 3.63) is 53.1 Å². The van der Waals surface area contributed by atoms with Crippen LogP contribution in [0.3, 0.4) is 0 Å². The Balaban J connectivity index is 2.22. The minimum atomic E-state index is -4.04. The van der Waals surface area contributed by atoms with Crippen molar-refractivity contribution in [2.24, 2.45) is 0 Å². The van der Waals surface area contributed by atoms with Crippen molar-refractivity contribution in [1.82, 2.24) is 5.32 Å². The molecule has 0 saturated heterocycles. The van der Waals surface area contributed by atoms with Crippen LogP contribution >= 0.6 is 11.6 Å². The lowest BCUT2D eigenvalue weighted by Gasteiger charge is -2.22. The molecular weight excluding hydrogens is 456 g/mol. The molecule has 2 aromatic rings. The van der Waals surface area contributed by atoms with E-state index in [1.54, 1.807) is 24.3 Å². The van der Waals surface area contributed by atoms with Crippen LogP contribution in [-0.4, -0.2) is 47.1 Å². The highest BCUT2D eigenvalue weighted by atomic mass is 35.5. The zero-order valence-corrected chi connectivity index (χ0v) is 20.0. The first-order valence-corrected chi connectivity index (χ1v) is 11.8. The third kappa shape index (κ3) is 6.14. The molecule has 0 spiro atoms. The molecule has 1 atom stereocenters. The Hall–Kier alpha value is -2.78. The van der Waals surface area contributed by atoms with Crippen LogP contribution in [0.25, 0.3) is 0 Å². The maximum Gasteiger partial charge on any atom is 0.340 e. The van der Waals surface area contributed by atoms with Gasteiger partial charge in [0.05, 0.1) is 28.3 Å². The second kappa shape index (κ2) is 11.2. The number of nitrogens with one attached hydrogen (secondary N) is 1. The van der Waals surface area contributed by atoms with Crippen molar-refractivity contribution in [2.45, 2.75) is 37.6 Å². The van der Waals surface area contributed by atoms with Crippen molar-refractivity contribution in [3.8, 4) is 5.75 Å². The molecule has 0 aromatic heterocycles. The molecule has 0 unspecified atom stereocenters. The van der Waals surface area contributed by atoms with Gasteiger partial charge in [-0.3, -0.25) is 9.10 Å². The summed E-state index contributed by atoms with van der Waals surface area (Å²) in [5, 5.41) is 2.73. The molecule has 0 radical (unpaired) electrons. The molecule has 0 aliphatic carbocycles. The number of nitrogens with zero attached hydrogens (tertiary/aromatic N) is 1. The number of methoxy groups -OCH3 is 1. The lowest BCUT2D eigenvalue weighted by molar-refractivity contribution is -0.124. The number of para-hydroxylation sites is 2. The minimum Gasteiger partial charge on any atom is -0.495 e. The van der Waals surface area contributed by atoms with Gasteiger partial charge in [0, 0.05) is 13.1 Å². The van der Waals surface area contributed by atoms with Crippen molar-refractivity contribution in [2.75, 3.05) is 25.1 Å². The van der Waals surface area contributed by atoms with E-state index in [-0.39, 0.29) is 21.5 Å². The zero-order chi connectivity index (χ0) is 23.9. The van der Waals surface area contributed by atoms with Crippen molar-refractivity contribution >= 4 is 39.2 Å². The summed E-state index contributed by atoms with van der Waals surface area (Å²) >= 11 is 6.10. The summed E-state index contributed by atoms with van der Waals surface area (Å²) in [7, 11) is -1.23. The number of amides is 1. The maximum absolute atomic E-state index is 13.1. The number of hydrogen-bond donors (Lipinski definition) is 1. The van der Waals surface area contributed by atoms with E-state index in [2.05, 4.69) is 5.32 Å². The number of ether oxygens (including phenoxy) is 2. The number of anilines is 1. The summed E-state index contributed by atoms with van der Waals surface area (Å²) in [6, 6.07) is 10.3.